The summed E-state index contributed by atoms with van der Waals surface area (Å²) in [5, 5.41) is 3.07. The molecular formula is C20H23ClN2O3S. The summed E-state index contributed by atoms with van der Waals surface area (Å²) in [4.78, 5) is 12.6. The monoisotopic (exact) mass is 406 g/mol. The minimum atomic E-state index is -3.74. The Morgan fingerprint density at radius 1 is 1.19 bits per heavy atom. The van der Waals surface area contributed by atoms with E-state index in [1.54, 1.807) is 0 Å². The molecule has 2 aromatic carbocycles. The molecule has 2 aromatic rings. The Morgan fingerprint density at radius 3 is 2.44 bits per heavy atom. The molecule has 1 atom stereocenters. The number of hydrogen-bond acceptors (Lipinski definition) is 3. The minimum Gasteiger partial charge on any atom is -0.345 e. The molecule has 0 aromatic heterocycles. The topological polar surface area (TPSA) is 75.3 Å². The second kappa shape index (κ2) is 8.00. The van der Waals surface area contributed by atoms with Crippen LogP contribution in [0, 0.1) is 6.92 Å². The number of rotatable bonds is 7. The van der Waals surface area contributed by atoms with Crippen LogP contribution in [0.4, 0.5) is 0 Å². The van der Waals surface area contributed by atoms with Gasteiger partial charge < -0.3 is 5.32 Å². The first-order valence-electron chi connectivity index (χ1n) is 8.99. The van der Waals surface area contributed by atoms with Gasteiger partial charge in [-0.3, -0.25) is 4.79 Å². The fraction of sp³-hybridized carbons (Fsp3) is 0.350. The number of halogens is 1. The van der Waals surface area contributed by atoms with Gasteiger partial charge in [0.2, 0.25) is 10.0 Å². The highest BCUT2D eigenvalue weighted by Crippen LogP contribution is 2.27. The molecule has 1 aliphatic rings. The van der Waals surface area contributed by atoms with E-state index in [9.17, 15) is 13.2 Å². The van der Waals surface area contributed by atoms with Gasteiger partial charge in [-0.05, 0) is 49.9 Å². The maximum absolute atomic E-state index is 12.7. The molecule has 2 N–H and O–H groups in total. The van der Waals surface area contributed by atoms with Gasteiger partial charge in [-0.2, -0.15) is 0 Å². The molecule has 0 radical (unpaired) electrons. The van der Waals surface area contributed by atoms with Crippen molar-refractivity contribution in [3.8, 4) is 0 Å². The molecule has 1 fully saturated rings. The van der Waals surface area contributed by atoms with Crippen molar-refractivity contribution in [3.05, 3.63) is 64.2 Å². The standard InChI is InChI=1S/C20H23ClN2O3S/c1-3-18(14-6-4-13(2)5-7-14)22-20(24)15-8-11-17(21)19(12-15)27(25,26)23-16-9-10-16/h4-8,11-12,16,18,23H,3,9-10H2,1-2H3,(H,22,24)/t18-/m1/s1. The number of aryl methyl sites for hydroxylation is 1. The van der Waals surface area contributed by atoms with E-state index >= 15 is 0 Å². The number of carbonyl (C=O) groups is 1. The van der Waals surface area contributed by atoms with Crippen molar-refractivity contribution in [1.82, 2.24) is 10.0 Å². The Labute approximate surface area is 165 Å². The number of nitrogens with one attached hydrogen (secondary N) is 2. The first-order valence-corrected chi connectivity index (χ1v) is 10.9. The van der Waals surface area contributed by atoms with Gasteiger partial charge in [0.25, 0.3) is 5.91 Å². The average molecular weight is 407 g/mol. The molecule has 7 heteroatoms. The highest BCUT2D eigenvalue weighted by atomic mass is 35.5. The maximum atomic E-state index is 12.7. The van der Waals surface area contributed by atoms with Crippen LogP contribution < -0.4 is 10.0 Å². The molecule has 0 saturated heterocycles. The van der Waals surface area contributed by atoms with Gasteiger partial charge in [-0.15, -0.1) is 0 Å². The van der Waals surface area contributed by atoms with Gasteiger partial charge >= 0.3 is 0 Å². The molecule has 1 amide bonds. The summed E-state index contributed by atoms with van der Waals surface area (Å²) in [6.45, 7) is 4.00. The summed E-state index contributed by atoms with van der Waals surface area (Å²) in [5.74, 6) is -0.332. The smallest absolute Gasteiger partial charge is 0.251 e. The van der Waals surface area contributed by atoms with Crippen molar-refractivity contribution in [1.29, 1.82) is 0 Å². The Hall–Kier alpha value is -1.89. The van der Waals surface area contributed by atoms with Crippen LogP contribution in [0.2, 0.25) is 5.02 Å². The second-order valence-corrected chi connectivity index (χ2v) is 8.98. The number of benzene rings is 2. The maximum Gasteiger partial charge on any atom is 0.251 e. The van der Waals surface area contributed by atoms with E-state index in [1.165, 1.54) is 18.2 Å². The van der Waals surface area contributed by atoms with Crippen molar-refractivity contribution >= 4 is 27.5 Å². The van der Waals surface area contributed by atoms with Crippen molar-refractivity contribution in [2.24, 2.45) is 0 Å². The normalized spacial score (nSPS) is 15.4. The van der Waals surface area contributed by atoms with Crippen molar-refractivity contribution in [3.63, 3.8) is 0 Å². The van der Waals surface area contributed by atoms with E-state index < -0.39 is 10.0 Å². The molecule has 0 spiro atoms. The van der Waals surface area contributed by atoms with Gasteiger partial charge in [0.1, 0.15) is 4.90 Å². The van der Waals surface area contributed by atoms with Crippen LogP contribution >= 0.6 is 11.6 Å². The lowest BCUT2D eigenvalue weighted by atomic mass is 10.0. The van der Waals surface area contributed by atoms with Gasteiger partial charge in [0, 0.05) is 11.6 Å². The quantitative estimate of drug-likeness (QED) is 0.730. The average Bonchev–Trinajstić information content (AvgIpc) is 3.43. The lowest BCUT2D eigenvalue weighted by Gasteiger charge is -2.18. The van der Waals surface area contributed by atoms with Crippen LogP contribution in [0.5, 0.6) is 0 Å². The number of hydrogen-bond donors (Lipinski definition) is 2. The highest BCUT2D eigenvalue weighted by molar-refractivity contribution is 7.89. The van der Waals surface area contributed by atoms with Crippen LogP contribution in [-0.4, -0.2) is 20.4 Å². The summed E-state index contributed by atoms with van der Waals surface area (Å²) in [7, 11) is -3.74. The predicted molar refractivity (Wildman–Crippen MR) is 106 cm³/mol. The van der Waals surface area contributed by atoms with E-state index in [2.05, 4.69) is 10.0 Å². The van der Waals surface area contributed by atoms with Gasteiger partial charge in [-0.25, -0.2) is 13.1 Å². The third kappa shape index (κ3) is 4.89. The summed E-state index contributed by atoms with van der Waals surface area (Å²) < 4.78 is 27.6. The molecule has 0 bridgehead atoms. The van der Waals surface area contributed by atoms with E-state index in [0.717, 1.165) is 30.4 Å². The van der Waals surface area contributed by atoms with Gasteiger partial charge in [-0.1, -0.05) is 48.4 Å². The zero-order chi connectivity index (χ0) is 19.6. The number of carbonyl (C=O) groups excluding carboxylic acids is 1. The molecule has 0 aliphatic heterocycles. The van der Waals surface area contributed by atoms with E-state index in [1.807, 2.05) is 38.1 Å². The Balaban J connectivity index is 1.81. The van der Waals surface area contributed by atoms with E-state index in [-0.39, 0.29) is 33.5 Å². The minimum absolute atomic E-state index is 0.0328. The molecule has 0 unspecified atom stereocenters. The lowest BCUT2D eigenvalue weighted by Crippen LogP contribution is -2.29. The summed E-state index contributed by atoms with van der Waals surface area (Å²) in [5.41, 5.74) is 2.42. The zero-order valence-electron chi connectivity index (χ0n) is 15.3. The third-order valence-corrected chi connectivity index (χ3v) is 6.58. The summed E-state index contributed by atoms with van der Waals surface area (Å²) >= 11 is 6.08. The third-order valence-electron chi connectivity index (χ3n) is 4.58. The number of amides is 1. The van der Waals surface area contributed by atoms with Crippen LogP contribution in [0.3, 0.4) is 0 Å². The van der Waals surface area contributed by atoms with Crippen LogP contribution in [0.1, 0.15) is 53.7 Å². The van der Waals surface area contributed by atoms with Gasteiger partial charge in [0.05, 0.1) is 11.1 Å². The van der Waals surface area contributed by atoms with E-state index in [4.69, 9.17) is 11.6 Å². The van der Waals surface area contributed by atoms with Crippen molar-refractivity contribution in [2.75, 3.05) is 0 Å². The first kappa shape index (κ1) is 19.9. The largest absolute Gasteiger partial charge is 0.345 e. The first-order chi connectivity index (χ1) is 12.8. The predicted octanol–water partition coefficient (Wildman–Crippen LogP) is 3.97. The van der Waals surface area contributed by atoms with Crippen molar-refractivity contribution in [2.45, 2.75) is 50.1 Å². The zero-order valence-corrected chi connectivity index (χ0v) is 16.9. The molecule has 27 heavy (non-hydrogen) atoms. The second-order valence-electron chi connectivity index (χ2n) is 6.89. The molecule has 144 valence electrons. The Bertz CT molecular complexity index is 938. The van der Waals surface area contributed by atoms with Crippen LogP contribution in [0.25, 0.3) is 0 Å². The summed E-state index contributed by atoms with van der Waals surface area (Å²) in [6.07, 6.45) is 2.37. The summed E-state index contributed by atoms with van der Waals surface area (Å²) in [6, 6.07) is 12.1. The van der Waals surface area contributed by atoms with Crippen LogP contribution in [-0.2, 0) is 10.0 Å². The SMILES string of the molecule is CC[C@@H](NC(=O)c1ccc(Cl)c(S(=O)(=O)NC2CC2)c1)c1ccc(C)cc1. The Kier molecular flexibility index (Phi) is 5.89. The van der Waals surface area contributed by atoms with E-state index in [0.29, 0.717) is 0 Å². The molecular weight excluding hydrogens is 384 g/mol. The van der Waals surface area contributed by atoms with Gasteiger partial charge in [0.15, 0.2) is 0 Å². The van der Waals surface area contributed by atoms with Crippen LogP contribution in [0.15, 0.2) is 47.4 Å². The fourth-order valence-corrected chi connectivity index (χ4v) is 4.63. The molecule has 1 saturated carbocycles. The fourth-order valence-electron chi connectivity index (χ4n) is 2.80. The number of sulfonamides is 1. The highest BCUT2D eigenvalue weighted by Gasteiger charge is 2.29. The molecule has 5 nitrogen and oxygen atoms in total. The Morgan fingerprint density at radius 2 is 1.85 bits per heavy atom. The molecule has 0 heterocycles. The lowest BCUT2D eigenvalue weighted by molar-refractivity contribution is 0.0935. The molecule has 1 aliphatic carbocycles. The molecule has 3 rings (SSSR count). The van der Waals surface area contributed by atoms with Crippen molar-refractivity contribution < 1.29 is 13.2 Å².